The summed E-state index contributed by atoms with van der Waals surface area (Å²) >= 11 is 0. The van der Waals surface area contributed by atoms with Gasteiger partial charge in [0.25, 0.3) is 0 Å². The molecule has 0 aliphatic rings. The van der Waals surface area contributed by atoms with Crippen LogP contribution in [0.3, 0.4) is 0 Å². The van der Waals surface area contributed by atoms with E-state index in [1.165, 1.54) is 12.8 Å². The first-order valence-corrected chi connectivity index (χ1v) is 7.49. The predicted molar refractivity (Wildman–Crippen MR) is 79.5 cm³/mol. The number of nitrogens with zero attached hydrogens (tertiary/aromatic N) is 1. The zero-order valence-corrected chi connectivity index (χ0v) is 13.0. The lowest BCUT2D eigenvalue weighted by molar-refractivity contribution is -0.132. The molecule has 0 N–H and O–H groups in total. The fraction of sp³-hybridized carbons (Fsp3) is 0.688. The van der Waals surface area contributed by atoms with Gasteiger partial charge in [0.15, 0.2) is 0 Å². The summed E-state index contributed by atoms with van der Waals surface area (Å²) in [5, 5.41) is 0. The van der Waals surface area contributed by atoms with Crippen LogP contribution >= 0.6 is 0 Å². The van der Waals surface area contributed by atoms with Crippen LogP contribution in [0.4, 0.5) is 0 Å². The average Bonchev–Trinajstić information content (AvgIpc) is 2.84. The molecule has 0 bridgehead atoms. The first-order valence-electron chi connectivity index (χ1n) is 7.49. The van der Waals surface area contributed by atoms with Crippen molar-refractivity contribution in [3.63, 3.8) is 0 Å². The van der Waals surface area contributed by atoms with E-state index in [9.17, 15) is 4.79 Å². The second-order valence-corrected chi connectivity index (χ2v) is 5.13. The van der Waals surface area contributed by atoms with Crippen molar-refractivity contribution in [2.45, 2.75) is 52.5 Å². The summed E-state index contributed by atoms with van der Waals surface area (Å²) in [5.41, 5.74) is 0. The number of hydrogen-bond donors (Lipinski definition) is 0. The van der Waals surface area contributed by atoms with Gasteiger partial charge in [-0.15, -0.1) is 0 Å². The molecule has 1 amide bonds. The van der Waals surface area contributed by atoms with E-state index in [0.717, 1.165) is 24.4 Å². The number of furan rings is 1. The van der Waals surface area contributed by atoms with Crippen LogP contribution in [-0.4, -0.2) is 31.1 Å². The minimum absolute atomic E-state index is 0.187. The SMILES string of the molecule is CCCCCCC(=O)N(CCOC)Cc1ccc(C)o1. The monoisotopic (exact) mass is 281 g/mol. The molecule has 1 aromatic rings. The highest BCUT2D eigenvalue weighted by atomic mass is 16.5. The van der Waals surface area contributed by atoms with Crippen molar-refractivity contribution in [3.05, 3.63) is 23.7 Å². The van der Waals surface area contributed by atoms with Crippen LogP contribution in [0, 0.1) is 6.92 Å². The number of carbonyl (C=O) groups is 1. The third kappa shape index (κ3) is 6.24. The molecule has 1 aromatic heterocycles. The van der Waals surface area contributed by atoms with Crippen LogP contribution in [0.2, 0.25) is 0 Å². The van der Waals surface area contributed by atoms with Gasteiger partial charge >= 0.3 is 0 Å². The van der Waals surface area contributed by atoms with Crippen LogP contribution in [0.25, 0.3) is 0 Å². The Morgan fingerprint density at radius 3 is 2.70 bits per heavy atom. The van der Waals surface area contributed by atoms with Gasteiger partial charge in [-0.2, -0.15) is 0 Å². The molecule has 0 fully saturated rings. The highest BCUT2D eigenvalue weighted by Gasteiger charge is 2.15. The van der Waals surface area contributed by atoms with Crippen molar-refractivity contribution in [1.29, 1.82) is 0 Å². The van der Waals surface area contributed by atoms with Gasteiger partial charge in [0.05, 0.1) is 13.2 Å². The van der Waals surface area contributed by atoms with E-state index < -0.39 is 0 Å². The Morgan fingerprint density at radius 1 is 1.30 bits per heavy atom. The van der Waals surface area contributed by atoms with Crippen molar-refractivity contribution in [2.24, 2.45) is 0 Å². The highest BCUT2D eigenvalue weighted by molar-refractivity contribution is 5.76. The predicted octanol–water partition coefficient (Wildman–Crippen LogP) is 3.53. The van der Waals surface area contributed by atoms with Crippen molar-refractivity contribution in [1.82, 2.24) is 4.90 Å². The van der Waals surface area contributed by atoms with E-state index in [4.69, 9.17) is 9.15 Å². The molecule has 0 atom stereocenters. The number of hydrogen-bond acceptors (Lipinski definition) is 3. The van der Waals surface area contributed by atoms with Crippen LogP contribution in [-0.2, 0) is 16.1 Å². The summed E-state index contributed by atoms with van der Waals surface area (Å²) in [4.78, 5) is 14.1. The minimum Gasteiger partial charge on any atom is -0.464 e. The largest absolute Gasteiger partial charge is 0.464 e. The van der Waals surface area contributed by atoms with E-state index in [2.05, 4.69) is 6.92 Å². The Kier molecular flexibility index (Phi) is 8.04. The van der Waals surface area contributed by atoms with Crippen LogP contribution in [0.15, 0.2) is 16.5 Å². The van der Waals surface area contributed by atoms with E-state index in [0.29, 0.717) is 26.1 Å². The molecule has 4 nitrogen and oxygen atoms in total. The summed E-state index contributed by atoms with van der Waals surface area (Å²) in [6, 6.07) is 3.86. The lowest BCUT2D eigenvalue weighted by atomic mass is 10.1. The molecule has 0 aliphatic carbocycles. The molecule has 0 spiro atoms. The molecule has 0 aliphatic heterocycles. The Hall–Kier alpha value is -1.29. The van der Waals surface area contributed by atoms with Gasteiger partial charge in [-0.1, -0.05) is 26.2 Å². The number of methoxy groups -OCH3 is 1. The number of unbranched alkanes of at least 4 members (excludes halogenated alkanes) is 3. The maximum atomic E-state index is 12.3. The average molecular weight is 281 g/mol. The number of carbonyl (C=O) groups excluding carboxylic acids is 1. The summed E-state index contributed by atoms with van der Waals surface area (Å²) < 4.78 is 10.6. The van der Waals surface area contributed by atoms with E-state index >= 15 is 0 Å². The molecular formula is C16H27NO3. The maximum absolute atomic E-state index is 12.3. The maximum Gasteiger partial charge on any atom is 0.223 e. The number of ether oxygens (including phenoxy) is 1. The molecule has 0 aromatic carbocycles. The van der Waals surface area contributed by atoms with Crippen LogP contribution in [0.1, 0.15) is 50.5 Å². The molecule has 1 rings (SSSR count). The van der Waals surface area contributed by atoms with Crippen molar-refractivity contribution < 1.29 is 13.9 Å². The zero-order valence-electron chi connectivity index (χ0n) is 13.0. The first kappa shape index (κ1) is 16.8. The number of rotatable bonds is 10. The Balaban J connectivity index is 2.47. The van der Waals surface area contributed by atoms with E-state index in [1.54, 1.807) is 7.11 Å². The van der Waals surface area contributed by atoms with Gasteiger partial charge in [0.2, 0.25) is 5.91 Å². The third-order valence-corrected chi connectivity index (χ3v) is 3.30. The first-order chi connectivity index (χ1) is 9.67. The van der Waals surface area contributed by atoms with E-state index in [1.807, 2.05) is 24.0 Å². The van der Waals surface area contributed by atoms with Gasteiger partial charge in [0.1, 0.15) is 11.5 Å². The van der Waals surface area contributed by atoms with Gasteiger partial charge < -0.3 is 14.1 Å². The molecule has 114 valence electrons. The lowest BCUT2D eigenvalue weighted by Crippen LogP contribution is -2.33. The Labute approximate surface area is 122 Å². The molecule has 0 saturated carbocycles. The van der Waals surface area contributed by atoms with Crippen LogP contribution < -0.4 is 0 Å². The van der Waals surface area contributed by atoms with Crippen molar-refractivity contribution >= 4 is 5.91 Å². The molecule has 20 heavy (non-hydrogen) atoms. The molecule has 0 unspecified atom stereocenters. The normalized spacial score (nSPS) is 10.8. The molecule has 1 heterocycles. The van der Waals surface area contributed by atoms with Gasteiger partial charge in [-0.25, -0.2) is 0 Å². The number of aryl methyl sites for hydroxylation is 1. The molecule has 0 saturated heterocycles. The minimum atomic E-state index is 0.187. The second kappa shape index (κ2) is 9.59. The second-order valence-electron chi connectivity index (χ2n) is 5.13. The fourth-order valence-electron chi connectivity index (χ4n) is 2.11. The Bertz CT molecular complexity index is 387. The topological polar surface area (TPSA) is 42.7 Å². The zero-order chi connectivity index (χ0) is 14.8. The molecular weight excluding hydrogens is 254 g/mol. The quantitative estimate of drug-likeness (QED) is 0.616. The van der Waals surface area contributed by atoms with Crippen molar-refractivity contribution in [2.75, 3.05) is 20.3 Å². The smallest absolute Gasteiger partial charge is 0.223 e. The van der Waals surface area contributed by atoms with Gasteiger partial charge in [-0.3, -0.25) is 4.79 Å². The fourth-order valence-corrected chi connectivity index (χ4v) is 2.11. The molecule has 4 heteroatoms. The van der Waals surface area contributed by atoms with Gasteiger partial charge in [-0.05, 0) is 25.5 Å². The van der Waals surface area contributed by atoms with Crippen molar-refractivity contribution in [3.8, 4) is 0 Å². The van der Waals surface area contributed by atoms with Gasteiger partial charge in [0, 0.05) is 20.1 Å². The van der Waals surface area contributed by atoms with E-state index in [-0.39, 0.29) is 5.91 Å². The summed E-state index contributed by atoms with van der Waals surface area (Å²) in [6.07, 6.45) is 5.09. The summed E-state index contributed by atoms with van der Waals surface area (Å²) in [6.45, 7) is 5.79. The van der Waals surface area contributed by atoms with Crippen LogP contribution in [0.5, 0.6) is 0 Å². The lowest BCUT2D eigenvalue weighted by Gasteiger charge is -2.21. The summed E-state index contributed by atoms with van der Waals surface area (Å²) in [7, 11) is 1.65. The highest BCUT2D eigenvalue weighted by Crippen LogP contribution is 2.12. The number of amides is 1. The summed E-state index contributed by atoms with van der Waals surface area (Å²) in [5.74, 6) is 1.90. The third-order valence-electron chi connectivity index (χ3n) is 3.30. The Morgan fingerprint density at radius 2 is 2.10 bits per heavy atom. The standard InChI is InChI=1S/C16H27NO3/c1-4-5-6-7-8-16(18)17(11-12-19-3)13-15-10-9-14(2)20-15/h9-10H,4-8,11-13H2,1-3H3. The molecule has 0 radical (unpaired) electrons.